The van der Waals surface area contributed by atoms with E-state index in [1.54, 1.807) is 30.3 Å². The van der Waals surface area contributed by atoms with E-state index < -0.39 is 10.9 Å². The molecule has 0 aliphatic heterocycles. The summed E-state index contributed by atoms with van der Waals surface area (Å²) < 4.78 is 9.87. The zero-order valence-electron chi connectivity index (χ0n) is 11.9. The van der Waals surface area contributed by atoms with Crippen LogP contribution >= 0.6 is 11.8 Å². The van der Waals surface area contributed by atoms with E-state index in [0.717, 1.165) is 4.90 Å². The highest BCUT2D eigenvalue weighted by Gasteiger charge is 2.15. The van der Waals surface area contributed by atoms with Gasteiger partial charge in [-0.3, -0.25) is 10.1 Å². The summed E-state index contributed by atoms with van der Waals surface area (Å²) in [7, 11) is 2.82. The number of methoxy groups -OCH3 is 2. The van der Waals surface area contributed by atoms with Gasteiger partial charge in [-0.15, -0.1) is 0 Å². The number of ether oxygens (including phenoxy) is 2. The number of hydrogen-bond donors (Lipinski definition) is 0. The number of nitro groups is 1. The van der Waals surface area contributed by atoms with Crippen LogP contribution in [0, 0.1) is 10.1 Å². The minimum Gasteiger partial charge on any atom is -0.497 e. The highest BCUT2D eigenvalue weighted by atomic mass is 32.2. The smallest absolute Gasteiger partial charge is 0.339 e. The van der Waals surface area contributed by atoms with Crippen LogP contribution in [-0.4, -0.2) is 25.1 Å². The van der Waals surface area contributed by atoms with Gasteiger partial charge in [0.1, 0.15) is 5.75 Å². The minimum atomic E-state index is -0.469. The van der Waals surface area contributed by atoms with Crippen LogP contribution in [0.25, 0.3) is 0 Å². The van der Waals surface area contributed by atoms with E-state index in [-0.39, 0.29) is 5.69 Å². The lowest BCUT2D eigenvalue weighted by atomic mass is 10.2. The molecule has 0 saturated heterocycles. The first kappa shape index (κ1) is 15.8. The van der Waals surface area contributed by atoms with Crippen LogP contribution in [0.15, 0.2) is 52.3 Å². The van der Waals surface area contributed by atoms with Gasteiger partial charge in [-0.2, -0.15) is 0 Å². The van der Waals surface area contributed by atoms with Crippen LogP contribution < -0.4 is 4.74 Å². The molecule has 0 N–H and O–H groups in total. The highest BCUT2D eigenvalue weighted by Crippen LogP contribution is 2.33. The molecule has 0 radical (unpaired) electrons. The van der Waals surface area contributed by atoms with Crippen molar-refractivity contribution < 1.29 is 19.2 Å². The molecule has 2 aromatic rings. The maximum Gasteiger partial charge on any atom is 0.339 e. The number of rotatable bonds is 5. The standard InChI is InChI=1S/C15H13NO5S/c1-20-11-5-8-14(13(9-11)15(17)21-2)22-12-6-3-10(4-7-12)16(18)19/h3-9H,1-2H3. The molecule has 22 heavy (non-hydrogen) atoms. The van der Waals surface area contributed by atoms with Gasteiger partial charge in [-0.05, 0) is 30.3 Å². The summed E-state index contributed by atoms with van der Waals surface area (Å²) >= 11 is 1.32. The van der Waals surface area contributed by atoms with Gasteiger partial charge in [0.25, 0.3) is 5.69 Å². The summed E-state index contributed by atoms with van der Waals surface area (Å²) in [6.07, 6.45) is 0. The van der Waals surface area contributed by atoms with E-state index in [1.807, 2.05) is 0 Å². The molecular formula is C15H13NO5S. The summed E-state index contributed by atoms with van der Waals surface area (Å²) in [5, 5.41) is 10.6. The summed E-state index contributed by atoms with van der Waals surface area (Å²) in [5.41, 5.74) is 0.400. The third-order valence-corrected chi connectivity index (χ3v) is 3.95. The molecule has 0 aliphatic carbocycles. The molecule has 2 rings (SSSR count). The molecule has 0 unspecified atom stereocenters. The molecule has 2 aromatic carbocycles. The van der Waals surface area contributed by atoms with Gasteiger partial charge in [-0.25, -0.2) is 4.79 Å². The summed E-state index contributed by atoms with van der Waals surface area (Å²) in [6.45, 7) is 0. The van der Waals surface area contributed by atoms with E-state index >= 15 is 0 Å². The molecule has 0 amide bonds. The first-order chi connectivity index (χ1) is 10.5. The number of nitro benzene ring substituents is 1. The van der Waals surface area contributed by atoms with Crippen molar-refractivity contribution in [2.45, 2.75) is 9.79 Å². The van der Waals surface area contributed by atoms with Gasteiger partial charge in [0.15, 0.2) is 0 Å². The van der Waals surface area contributed by atoms with E-state index in [1.165, 1.54) is 38.1 Å². The van der Waals surface area contributed by atoms with E-state index in [2.05, 4.69) is 0 Å². The first-order valence-electron chi connectivity index (χ1n) is 6.24. The van der Waals surface area contributed by atoms with Crippen LogP contribution in [-0.2, 0) is 4.74 Å². The Bertz CT molecular complexity index is 700. The Morgan fingerprint density at radius 1 is 1.14 bits per heavy atom. The molecule has 0 bridgehead atoms. The molecule has 0 saturated carbocycles. The fourth-order valence-electron chi connectivity index (χ4n) is 1.76. The van der Waals surface area contributed by atoms with Gasteiger partial charge < -0.3 is 9.47 Å². The molecule has 0 heterocycles. The van der Waals surface area contributed by atoms with Crippen molar-refractivity contribution in [1.29, 1.82) is 0 Å². The number of non-ortho nitro benzene ring substituents is 1. The minimum absolute atomic E-state index is 0.0206. The summed E-state index contributed by atoms with van der Waals surface area (Å²) in [4.78, 5) is 23.5. The fourth-order valence-corrected chi connectivity index (χ4v) is 2.67. The number of benzene rings is 2. The number of carbonyl (C=O) groups is 1. The largest absolute Gasteiger partial charge is 0.497 e. The van der Waals surface area contributed by atoms with E-state index in [0.29, 0.717) is 16.2 Å². The number of esters is 1. The second-order valence-corrected chi connectivity index (χ2v) is 5.32. The van der Waals surface area contributed by atoms with Crippen molar-refractivity contribution in [2.24, 2.45) is 0 Å². The van der Waals surface area contributed by atoms with Crippen molar-refractivity contribution in [3.63, 3.8) is 0 Å². The molecular weight excluding hydrogens is 306 g/mol. The Balaban J connectivity index is 2.32. The lowest BCUT2D eigenvalue weighted by Crippen LogP contribution is -2.03. The zero-order valence-corrected chi connectivity index (χ0v) is 12.8. The topological polar surface area (TPSA) is 78.7 Å². The van der Waals surface area contributed by atoms with Crippen LogP contribution in [0.2, 0.25) is 0 Å². The second-order valence-electron chi connectivity index (χ2n) is 4.21. The molecule has 0 atom stereocenters. The van der Waals surface area contributed by atoms with Crippen LogP contribution in [0.3, 0.4) is 0 Å². The Kier molecular flexibility index (Phi) is 5.00. The van der Waals surface area contributed by atoms with Crippen molar-refractivity contribution in [3.05, 3.63) is 58.1 Å². The van der Waals surface area contributed by atoms with Crippen LogP contribution in [0.1, 0.15) is 10.4 Å². The Labute approximate surface area is 131 Å². The Morgan fingerprint density at radius 2 is 1.82 bits per heavy atom. The molecule has 0 aliphatic rings. The third-order valence-electron chi connectivity index (χ3n) is 2.87. The SMILES string of the molecule is COC(=O)c1cc(OC)ccc1Sc1ccc([N+](=O)[O-])cc1. The molecule has 0 fully saturated rings. The van der Waals surface area contributed by atoms with Gasteiger partial charge in [0.2, 0.25) is 0 Å². The lowest BCUT2D eigenvalue weighted by molar-refractivity contribution is -0.384. The average molecular weight is 319 g/mol. The van der Waals surface area contributed by atoms with E-state index in [4.69, 9.17) is 9.47 Å². The Hall–Kier alpha value is -2.54. The van der Waals surface area contributed by atoms with Gasteiger partial charge in [-0.1, -0.05) is 11.8 Å². The van der Waals surface area contributed by atoms with Gasteiger partial charge >= 0.3 is 5.97 Å². The highest BCUT2D eigenvalue weighted by molar-refractivity contribution is 7.99. The molecule has 0 aromatic heterocycles. The maximum atomic E-state index is 11.9. The molecule has 114 valence electrons. The monoisotopic (exact) mass is 319 g/mol. The van der Waals surface area contributed by atoms with Gasteiger partial charge in [0, 0.05) is 21.9 Å². The molecule has 6 nitrogen and oxygen atoms in total. The quantitative estimate of drug-likeness (QED) is 0.476. The third kappa shape index (κ3) is 3.56. The van der Waals surface area contributed by atoms with Crippen LogP contribution in [0.5, 0.6) is 5.75 Å². The predicted octanol–water partition coefficient (Wildman–Crippen LogP) is 3.54. The maximum absolute atomic E-state index is 11.9. The number of carbonyl (C=O) groups excluding carboxylic acids is 1. The first-order valence-corrected chi connectivity index (χ1v) is 7.05. The normalized spacial score (nSPS) is 10.1. The lowest BCUT2D eigenvalue weighted by Gasteiger charge is -2.09. The van der Waals surface area contributed by atoms with Crippen molar-refractivity contribution in [2.75, 3.05) is 14.2 Å². The Morgan fingerprint density at radius 3 is 2.36 bits per heavy atom. The van der Waals surface area contributed by atoms with E-state index in [9.17, 15) is 14.9 Å². The van der Waals surface area contributed by atoms with Crippen molar-refractivity contribution >= 4 is 23.4 Å². The molecule has 7 heteroatoms. The fraction of sp³-hybridized carbons (Fsp3) is 0.133. The van der Waals surface area contributed by atoms with Crippen LogP contribution in [0.4, 0.5) is 5.69 Å². The van der Waals surface area contributed by atoms with Crippen molar-refractivity contribution in [3.8, 4) is 5.75 Å². The summed E-state index contributed by atoms with van der Waals surface area (Å²) in [5.74, 6) is 0.0803. The predicted molar refractivity (Wildman–Crippen MR) is 81.6 cm³/mol. The zero-order chi connectivity index (χ0) is 16.1. The van der Waals surface area contributed by atoms with Crippen molar-refractivity contribution in [1.82, 2.24) is 0 Å². The second kappa shape index (κ2) is 6.95. The number of hydrogen-bond acceptors (Lipinski definition) is 6. The molecule has 0 spiro atoms. The summed E-state index contributed by atoms with van der Waals surface area (Å²) in [6, 6.07) is 11.2. The van der Waals surface area contributed by atoms with Gasteiger partial charge in [0.05, 0.1) is 24.7 Å². The average Bonchev–Trinajstić information content (AvgIpc) is 2.55. The number of nitrogens with zero attached hydrogens (tertiary/aromatic N) is 1.